The van der Waals surface area contributed by atoms with Gasteiger partial charge in [-0.2, -0.15) is 0 Å². The highest BCUT2D eigenvalue weighted by molar-refractivity contribution is 5.75. The predicted molar refractivity (Wildman–Crippen MR) is 131 cm³/mol. The van der Waals surface area contributed by atoms with Gasteiger partial charge < -0.3 is 5.11 Å². The highest BCUT2D eigenvalue weighted by atomic mass is 16.4. The van der Waals surface area contributed by atoms with Crippen LogP contribution in [0.5, 0.6) is 0 Å². The normalized spacial score (nSPS) is 54.8. The molecule has 0 aromatic heterocycles. The molecule has 9 atom stereocenters. The summed E-state index contributed by atoms with van der Waals surface area (Å²) in [4.78, 5) is 12.4. The van der Waals surface area contributed by atoms with Crippen molar-refractivity contribution in [3.8, 4) is 0 Å². The maximum absolute atomic E-state index is 12.4. The summed E-state index contributed by atoms with van der Waals surface area (Å²) in [5.41, 5.74) is 2.45. The highest BCUT2D eigenvalue weighted by Gasteiger charge is 2.68. The highest BCUT2D eigenvalue weighted by Crippen LogP contribution is 2.76. The number of fused-ring (bicyclic) bond motifs is 7. The predicted octanol–water partition coefficient (Wildman–Crippen LogP) is 8.12. The van der Waals surface area contributed by atoms with Crippen molar-refractivity contribution in [1.29, 1.82) is 0 Å². The number of aliphatic carboxylic acids is 1. The topological polar surface area (TPSA) is 37.3 Å². The summed E-state index contributed by atoms with van der Waals surface area (Å²) in [6.45, 7) is 17.4. The first kappa shape index (κ1) is 23.0. The molecule has 1 N–H and O–H groups in total. The summed E-state index contributed by atoms with van der Waals surface area (Å²) in [5.74, 6) is 2.89. The van der Waals surface area contributed by atoms with Gasteiger partial charge in [0.25, 0.3) is 0 Å². The molecule has 0 radical (unpaired) electrons. The fraction of sp³-hybridized carbons (Fsp3) is 0.900. The van der Waals surface area contributed by atoms with Crippen molar-refractivity contribution in [2.45, 2.75) is 113 Å². The molecule has 0 saturated heterocycles. The lowest BCUT2D eigenvalue weighted by atomic mass is 9.36. The van der Waals surface area contributed by atoms with E-state index in [4.69, 9.17) is 0 Å². The molecule has 180 valence electrons. The Morgan fingerprint density at radius 1 is 0.906 bits per heavy atom. The summed E-state index contributed by atoms with van der Waals surface area (Å²) in [7, 11) is 0. The Bertz CT molecular complexity index is 842. The lowest BCUT2D eigenvalue weighted by molar-refractivity contribution is -0.171. The van der Waals surface area contributed by atoms with Crippen molar-refractivity contribution in [3.63, 3.8) is 0 Å². The molecule has 0 aromatic carbocycles. The minimum Gasteiger partial charge on any atom is -0.481 e. The first-order valence-electron chi connectivity index (χ1n) is 13.8. The number of carboxylic acids is 1. The Morgan fingerprint density at radius 2 is 1.59 bits per heavy atom. The zero-order chi connectivity index (χ0) is 23.3. The fourth-order valence-electron chi connectivity index (χ4n) is 11.3. The van der Waals surface area contributed by atoms with Gasteiger partial charge in [0.05, 0.1) is 5.41 Å². The Balaban J connectivity index is 1.56. The van der Waals surface area contributed by atoms with Crippen molar-refractivity contribution in [3.05, 3.63) is 11.6 Å². The van der Waals surface area contributed by atoms with E-state index < -0.39 is 11.4 Å². The lowest BCUT2D eigenvalue weighted by Gasteiger charge is -2.68. The largest absolute Gasteiger partial charge is 0.481 e. The second-order valence-electron chi connectivity index (χ2n) is 14.4. The van der Waals surface area contributed by atoms with E-state index in [1.807, 2.05) is 0 Å². The van der Waals surface area contributed by atoms with E-state index in [0.717, 1.165) is 37.0 Å². The molecule has 0 amide bonds. The first-order valence-corrected chi connectivity index (χ1v) is 13.8. The van der Waals surface area contributed by atoms with Crippen LogP contribution < -0.4 is 0 Å². The number of carboxylic acid groups (broad SMARTS) is 1. The minimum atomic E-state index is -0.557. The minimum absolute atomic E-state index is 0.0789. The number of hydrogen-bond donors (Lipinski definition) is 1. The average Bonchev–Trinajstić information content (AvgIpc) is 3.07. The van der Waals surface area contributed by atoms with Crippen molar-refractivity contribution >= 4 is 5.97 Å². The molecule has 4 fully saturated rings. The molecule has 0 aliphatic heterocycles. The molecular formula is C30H48O2. The van der Waals surface area contributed by atoms with Crippen LogP contribution in [0.1, 0.15) is 113 Å². The molecule has 32 heavy (non-hydrogen) atoms. The van der Waals surface area contributed by atoms with Crippen LogP contribution in [-0.2, 0) is 4.79 Å². The van der Waals surface area contributed by atoms with Gasteiger partial charge in [0.2, 0.25) is 0 Å². The molecule has 4 saturated carbocycles. The van der Waals surface area contributed by atoms with Gasteiger partial charge in [-0.1, -0.05) is 59.6 Å². The van der Waals surface area contributed by atoms with Crippen molar-refractivity contribution in [1.82, 2.24) is 0 Å². The van der Waals surface area contributed by atoms with Crippen LogP contribution in [0.2, 0.25) is 0 Å². The van der Waals surface area contributed by atoms with Gasteiger partial charge in [-0.15, -0.1) is 0 Å². The molecule has 0 bridgehead atoms. The maximum atomic E-state index is 12.4. The van der Waals surface area contributed by atoms with Crippen LogP contribution in [0, 0.1) is 56.7 Å². The van der Waals surface area contributed by atoms with Crippen LogP contribution in [-0.4, -0.2) is 11.1 Å². The average molecular weight is 441 g/mol. The van der Waals surface area contributed by atoms with E-state index in [2.05, 4.69) is 54.5 Å². The number of rotatable bonds is 2. The Hall–Kier alpha value is -0.790. The molecule has 5 aliphatic rings. The second-order valence-corrected chi connectivity index (χ2v) is 14.4. The van der Waals surface area contributed by atoms with Gasteiger partial charge >= 0.3 is 5.97 Å². The molecule has 0 unspecified atom stereocenters. The SMILES string of the molecule is CC(C)[C@H]1CC[C@@H]2[C@]1(C)CC[C@]1(C)[C@@H]3CC[C@H]4[C@@](C)(C(=O)O)CCC[C@]4(C)C3=CC[C@@]21C. The van der Waals surface area contributed by atoms with Gasteiger partial charge in [-0.3, -0.25) is 4.79 Å². The quantitative estimate of drug-likeness (QED) is 0.440. The second kappa shape index (κ2) is 6.88. The summed E-state index contributed by atoms with van der Waals surface area (Å²) in [5, 5.41) is 10.2. The maximum Gasteiger partial charge on any atom is 0.309 e. The van der Waals surface area contributed by atoms with E-state index in [0.29, 0.717) is 28.1 Å². The van der Waals surface area contributed by atoms with Gasteiger partial charge in [0.15, 0.2) is 0 Å². The first-order chi connectivity index (χ1) is 14.8. The molecule has 5 rings (SSSR count). The van der Waals surface area contributed by atoms with Crippen LogP contribution >= 0.6 is 0 Å². The zero-order valence-corrected chi connectivity index (χ0v) is 21.9. The Labute approximate surface area is 197 Å². The van der Waals surface area contributed by atoms with Crippen LogP contribution in [0.4, 0.5) is 0 Å². The molecule has 0 aromatic rings. The summed E-state index contributed by atoms with van der Waals surface area (Å²) in [6.07, 6.45) is 14.9. The summed E-state index contributed by atoms with van der Waals surface area (Å²) in [6, 6.07) is 0. The standard InChI is InChI=1S/C30H48O2/c1-19(2)20-9-12-24-27(20,4)17-18-29(6)22-10-11-23-26(3,21(22)13-16-30(24,29)7)14-8-15-28(23,5)25(31)32/h13,19-20,22-24H,8-12,14-18H2,1-7H3,(H,31,32)/t20-,22-,23-,24-,26-,27-,28+,29-,30+/m1/s1. The molecule has 5 aliphatic carbocycles. The number of hydrogen-bond acceptors (Lipinski definition) is 1. The lowest BCUT2D eigenvalue weighted by Crippen LogP contribution is -2.61. The molecule has 0 heterocycles. The molecule has 2 heteroatoms. The van der Waals surface area contributed by atoms with Gasteiger partial charge in [-0.05, 0) is 116 Å². The van der Waals surface area contributed by atoms with Crippen LogP contribution in [0.25, 0.3) is 0 Å². The Morgan fingerprint density at radius 3 is 2.25 bits per heavy atom. The van der Waals surface area contributed by atoms with E-state index in [-0.39, 0.29) is 5.41 Å². The van der Waals surface area contributed by atoms with Crippen molar-refractivity contribution < 1.29 is 9.90 Å². The summed E-state index contributed by atoms with van der Waals surface area (Å²) < 4.78 is 0. The fourth-order valence-corrected chi connectivity index (χ4v) is 11.3. The summed E-state index contributed by atoms with van der Waals surface area (Å²) >= 11 is 0. The van der Waals surface area contributed by atoms with E-state index in [1.165, 1.54) is 44.9 Å². The van der Waals surface area contributed by atoms with Crippen molar-refractivity contribution in [2.75, 3.05) is 0 Å². The third-order valence-electron chi connectivity index (χ3n) is 13.2. The molecule has 2 nitrogen and oxygen atoms in total. The monoisotopic (exact) mass is 440 g/mol. The third-order valence-corrected chi connectivity index (χ3v) is 13.2. The smallest absolute Gasteiger partial charge is 0.309 e. The third kappa shape index (κ3) is 2.56. The zero-order valence-electron chi connectivity index (χ0n) is 21.9. The van der Waals surface area contributed by atoms with E-state index in [1.54, 1.807) is 5.57 Å². The molecule has 0 spiro atoms. The van der Waals surface area contributed by atoms with Crippen LogP contribution in [0.3, 0.4) is 0 Å². The van der Waals surface area contributed by atoms with Crippen molar-refractivity contribution in [2.24, 2.45) is 56.7 Å². The van der Waals surface area contributed by atoms with E-state index in [9.17, 15) is 9.90 Å². The Kier molecular flexibility index (Phi) is 4.94. The van der Waals surface area contributed by atoms with Crippen LogP contribution in [0.15, 0.2) is 11.6 Å². The number of allylic oxidation sites excluding steroid dienone is 2. The number of carbonyl (C=O) groups is 1. The van der Waals surface area contributed by atoms with E-state index >= 15 is 0 Å². The van der Waals surface area contributed by atoms with Gasteiger partial charge in [-0.25, -0.2) is 0 Å². The molecular weight excluding hydrogens is 392 g/mol. The van der Waals surface area contributed by atoms with Gasteiger partial charge in [0, 0.05) is 0 Å². The van der Waals surface area contributed by atoms with Gasteiger partial charge in [0.1, 0.15) is 0 Å².